The van der Waals surface area contributed by atoms with Gasteiger partial charge in [0.1, 0.15) is 6.04 Å². The van der Waals surface area contributed by atoms with Gasteiger partial charge in [0, 0.05) is 13.1 Å². The molecule has 110 valence electrons. The lowest BCUT2D eigenvalue weighted by molar-refractivity contribution is -0.140. The van der Waals surface area contributed by atoms with Crippen LogP contribution in [-0.2, 0) is 4.79 Å². The standard InChI is InChI=1S/C14H26N2O3/c1-5-11(4)12(13(17)18)15-14(19)16-7-9(2)6-10(3)8-16/h9-12H,5-8H2,1-4H3,(H,15,19)(H,17,18)/t9?,10?,11-,12-/m0/s1. The molecule has 0 aromatic carbocycles. The van der Waals surface area contributed by atoms with Gasteiger partial charge in [-0.15, -0.1) is 0 Å². The van der Waals surface area contributed by atoms with Crippen LogP contribution in [0.1, 0.15) is 40.5 Å². The first-order chi connectivity index (χ1) is 8.85. The second kappa shape index (κ2) is 6.78. The van der Waals surface area contributed by atoms with Crippen LogP contribution in [0.15, 0.2) is 0 Å². The van der Waals surface area contributed by atoms with E-state index in [0.717, 1.165) is 12.8 Å². The largest absolute Gasteiger partial charge is 0.480 e. The molecule has 1 fully saturated rings. The monoisotopic (exact) mass is 270 g/mol. The van der Waals surface area contributed by atoms with E-state index in [1.54, 1.807) is 4.90 Å². The molecule has 19 heavy (non-hydrogen) atoms. The van der Waals surface area contributed by atoms with Crippen molar-refractivity contribution in [3.05, 3.63) is 0 Å². The van der Waals surface area contributed by atoms with Crippen molar-refractivity contribution in [2.24, 2.45) is 17.8 Å². The third-order valence-electron chi connectivity index (χ3n) is 3.91. The number of likely N-dealkylation sites (tertiary alicyclic amines) is 1. The number of hydrogen-bond acceptors (Lipinski definition) is 2. The average molecular weight is 270 g/mol. The number of carboxylic acid groups (broad SMARTS) is 1. The number of nitrogens with one attached hydrogen (secondary N) is 1. The molecule has 0 radical (unpaired) electrons. The SMILES string of the molecule is CC[C@H](C)[C@H](NC(=O)N1CC(C)CC(C)C1)C(=O)O. The number of rotatable bonds is 4. The van der Waals surface area contributed by atoms with Gasteiger partial charge >= 0.3 is 12.0 Å². The van der Waals surface area contributed by atoms with Gasteiger partial charge in [-0.3, -0.25) is 0 Å². The van der Waals surface area contributed by atoms with E-state index in [-0.39, 0.29) is 11.9 Å². The topological polar surface area (TPSA) is 69.6 Å². The lowest BCUT2D eigenvalue weighted by atomic mass is 9.92. The predicted octanol–water partition coefficient (Wildman–Crippen LogP) is 2.17. The number of carbonyl (C=O) groups is 2. The van der Waals surface area contributed by atoms with Crippen molar-refractivity contribution in [1.82, 2.24) is 10.2 Å². The van der Waals surface area contributed by atoms with Crippen LogP contribution in [0.5, 0.6) is 0 Å². The molecular weight excluding hydrogens is 244 g/mol. The lowest BCUT2D eigenvalue weighted by Gasteiger charge is -2.36. The first kappa shape index (κ1) is 15.8. The second-order valence-corrected chi connectivity index (χ2v) is 6.00. The fourth-order valence-electron chi connectivity index (χ4n) is 2.74. The maximum absolute atomic E-state index is 12.2. The molecule has 0 saturated carbocycles. The zero-order chi connectivity index (χ0) is 14.6. The highest BCUT2D eigenvalue weighted by molar-refractivity contribution is 5.82. The van der Waals surface area contributed by atoms with Gasteiger partial charge in [0.15, 0.2) is 0 Å². The minimum Gasteiger partial charge on any atom is -0.480 e. The van der Waals surface area contributed by atoms with E-state index in [2.05, 4.69) is 19.2 Å². The van der Waals surface area contributed by atoms with Crippen molar-refractivity contribution in [2.45, 2.75) is 46.6 Å². The Bertz CT molecular complexity index is 323. The Hall–Kier alpha value is -1.26. The fourth-order valence-corrected chi connectivity index (χ4v) is 2.74. The predicted molar refractivity (Wildman–Crippen MR) is 73.9 cm³/mol. The molecule has 5 heteroatoms. The molecule has 0 aromatic rings. The number of urea groups is 1. The van der Waals surface area contributed by atoms with Gasteiger partial charge in [0.05, 0.1) is 0 Å². The molecule has 1 saturated heterocycles. The molecule has 1 rings (SSSR count). The summed E-state index contributed by atoms with van der Waals surface area (Å²) in [6, 6.07) is -1.05. The average Bonchev–Trinajstić information content (AvgIpc) is 2.33. The zero-order valence-electron chi connectivity index (χ0n) is 12.3. The Labute approximate surface area is 115 Å². The van der Waals surface area contributed by atoms with Crippen LogP contribution in [0, 0.1) is 17.8 Å². The normalized spacial score (nSPS) is 26.6. The smallest absolute Gasteiger partial charge is 0.326 e. The van der Waals surface area contributed by atoms with Crippen molar-refractivity contribution in [3.8, 4) is 0 Å². The zero-order valence-corrected chi connectivity index (χ0v) is 12.3. The van der Waals surface area contributed by atoms with Crippen LogP contribution in [0.2, 0.25) is 0 Å². The molecule has 2 N–H and O–H groups in total. The molecule has 2 amide bonds. The van der Waals surface area contributed by atoms with Crippen LogP contribution in [0.3, 0.4) is 0 Å². The summed E-state index contributed by atoms with van der Waals surface area (Å²) in [5.41, 5.74) is 0. The van der Waals surface area contributed by atoms with E-state index < -0.39 is 12.0 Å². The molecule has 0 bridgehead atoms. The summed E-state index contributed by atoms with van der Waals surface area (Å²) in [6.45, 7) is 9.45. The Morgan fingerprint density at radius 2 is 1.84 bits per heavy atom. The summed E-state index contributed by atoms with van der Waals surface area (Å²) in [5, 5.41) is 11.9. The van der Waals surface area contributed by atoms with Crippen molar-refractivity contribution in [3.63, 3.8) is 0 Å². The van der Waals surface area contributed by atoms with Gasteiger partial charge in [-0.1, -0.05) is 34.1 Å². The van der Waals surface area contributed by atoms with Gasteiger partial charge in [-0.2, -0.15) is 0 Å². The quantitative estimate of drug-likeness (QED) is 0.822. The van der Waals surface area contributed by atoms with E-state index in [1.165, 1.54) is 0 Å². The molecular formula is C14H26N2O3. The van der Waals surface area contributed by atoms with Gasteiger partial charge in [-0.25, -0.2) is 9.59 Å². The minimum atomic E-state index is -0.958. The first-order valence-corrected chi connectivity index (χ1v) is 7.13. The number of piperidine rings is 1. The summed E-state index contributed by atoms with van der Waals surface area (Å²) in [4.78, 5) is 25.1. The maximum Gasteiger partial charge on any atom is 0.326 e. The molecule has 0 aromatic heterocycles. The van der Waals surface area contributed by atoms with E-state index in [0.29, 0.717) is 24.9 Å². The second-order valence-electron chi connectivity index (χ2n) is 6.00. The highest BCUT2D eigenvalue weighted by Crippen LogP contribution is 2.21. The number of carboxylic acids is 1. The van der Waals surface area contributed by atoms with E-state index >= 15 is 0 Å². The van der Waals surface area contributed by atoms with Crippen LogP contribution < -0.4 is 5.32 Å². The summed E-state index contributed by atoms with van der Waals surface area (Å²) < 4.78 is 0. The highest BCUT2D eigenvalue weighted by Gasteiger charge is 2.30. The highest BCUT2D eigenvalue weighted by atomic mass is 16.4. The summed E-state index contributed by atoms with van der Waals surface area (Å²) >= 11 is 0. The van der Waals surface area contributed by atoms with Gasteiger partial charge < -0.3 is 15.3 Å². The number of carbonyl (C=O) groups excluding carboxylic acids is 1. The van der Waals surface area contributed by atoms with Crippen molar-refractivity contribution < 1.29 is 14.7 Å². The van der Waals surface area contributed by atoms with E-state index in [9.17, 15) is 14.7 Å². The van der Waals surface area contributed by atoms with Crippen LogP contribution in [-0.4, -0.2) is 41.1 Å². The van der Waals surface area contributed by atoms with Crippen molar-refractivity contribution in [1.29, 1.82) is 0 Å². The van der Waals surface area contributed by atoms with E-state index in [4.69, 9.17) is 0 Å². The van der Waals surface area contributed by atoms with Gasteiger partial charge in [0.25, 0.3) is 0 Å². The van der Waals surface area contributed by atoms with Crippen molar-refractivity contribution in [2.75, 3.05) is 13.1 Å². The lowest BCUT2D eigenvalue weighted by Crippen LogP contribution is -2.53. The molecule has 1 aliphatic rings. The Morgan fingerprint density at radius 1 is 1.32 bits per heavy atom. The van der Waals surface area contributed by atoms with Crippen LogP contribution in [0.4, 0.5) is 4.79 Å². The number of amides is 2. The first-order valence-electron chi connectivity index (χ1n) is 7.13. The molecule has 0 spiro atoms. The Kier molecular flexibility index (Phi) is 5.63. The van der Waals surface area contributed by atoms with E-state index in [1.807, 2.05) is 13.8 Å². The van der Waals surface area contributed by atoms with Gasteiger partial charge in [-0.05, 0) is 24.2 Å². The van der Waals surface area contributed by atoms with Crippen LogP contribution in [0.25, 0.3) is 0 Å². The number of nitrogens with zero attached hydrogens (tertiary/aromatic N) is 1. The molecule has 2 unspecified atom stereocenters. The molecule has 0 aliphatic carbocycles. The molecule has 1 aliphatic heterocycles. The van der Waals surface area contributed by atoms with Crippen LogP contribution >= 0.6 is 0 Å². The third kappa shape index (κ3) is 4.40. The van der Waals surface area contributed by atoms with Crippen molar-refractivity contribution >= 4 is 12.0 Å². The maximum atomic E-state index is 12.2. The third-order valence-corrected chi connectivity index (χ3v) is 3.91. The fraction of sp³-hybridized carbons (Fsp3) is 0.857. The Morgan fingerprint density at radius 3 is 2.26 bits per heavy atom. The van der Waals surface area contributed by atoms with Gasteiger partial charge in [0.2, 0.25) is 0 Å². The Balaban J connectivity index is 2.63. The number of aliphatic carboxylic acids is 1. The molecule has 4 atom stereocenters. The summed E-state index contributed by atoms with van der Waals surface area (Å²) in [6.07, 6.45) is 1.85. The number of hydrogen-bond donors (Lipinski definition) is 2. The molecule has 5 nitrogen and oxygen atoms in total. The minimum absolute atomic E-state index is 0.0684. The summed E-state index contributed by atoms with van der Waals surface area (Å²) in [7, 11) is 0. The summed E-state index contributed by atoms with van der Waals surface area (Å²) in [5.74, 6) is -0.0790. The molecule has 1 heterocycles.